The standard InChI is InChI=1S/C36H31ClNO7P/c1-7-26-29(37)20-25(41-6)21-30(26)38(35(39)42-36(3,4)5)22(2)43-46(40)44-31-18-16-23-12-8-10-14-27(23)33(31)34-28-15-11-9-13-24(28)17-19-32(34)45-46/h7-21H,1-2H2,3-6H3. The number of benzene rings is 5. The van der Waals surface area contributed by atoms with Gasteiger partial charge in [-0.3, -0.25) is 13.6 Å². The van der Waals surface area contributed by atoms with Gasteiger partial charge in [0.25, 0.3) is 5.88 Å². The molecule has 1 aliphatic heterocycles. The Kier molecular flexibility index (Phi) is 8.07. The molecule has 8 nitrogen and oxygen atoms in total. The van der Waals surface area contributed by atoms with Crippen LogP contribution in [-0.2, 0) is 9.26 Å². The first kappa shape index (κ1) is 31.2. The monoisotopic (exact) mass is 655 g/mol. The Morgan fingerprint density at radius 1 is 0.913 bits per heavy atom. The van der Waals surface area contributed by atoms with Gasteiger partial charge in [-0.05, 0) is 67.1 Å². The summed E-state index contributed by atoms with van der Waals surface area (Å²) in [6.07, 6.45) is 0.578. The van der Waals surface area contributed by atoms with Crippen LogP contribution in [0.25, 0.3) is 38.7 Å². The van der Waals surface area contributed by atoms with E-state index in [1.165, 1.54) is 19.3 Å². The van der Waals surface area contributed by atoms with Gasteiger partial charge >= 0.3 is 14.3 Å². The molecule has 0 bridgehead atoms. The zero-order chi connectivity index (χ0) is 32.8. The number of amides is 1. The van der Waals surface area contributed by atoms with Gasteiger partial charge in [0.1, 0.15) is 11.4 Å². The summed E-state index contributed by atoms with van der Waals surface area (Å²) in [4.78, 5) is 29.4. The van der Waals surface area contributed by atoms with E-state index >= 15 is 0 Å². The van der Waals surface area contributed by atoms with Gasteiger partial charge in [-0.15, -0.1) is 0 Å². The number of carbonyl (C=O) groups excluding carboxylic acids is 1. The third-order valence-corrected chi connectivity index (χ3v) is 8.84. The number of fused-ring (bicyclic) bond motifs is 7. The smallest absolute Gasteiger partial charge is 0.519 e. The van der Waals surface area contributed by atoms with Gasteiger partial charge < -0.3 is 14.4 Å². The predicted octanol–water partition coefficient (Wildman–Crippen LogP) is 9.70. The zero-order valence-electron chi connectivity index (χ0n) is 25.7. The van der Waals surface area contributed by atoms with E-state index < -0.39 is 25.7 Å². The van der Waals surface area contributed by atoms with Crippen LogP contribution in [0, 0.1) is 0 Å². The van der Waals surface area contributed by atoms with E-state index in [1.54, 1.807) is 39.0 Å². The fraction of sp³-hybridized carbons (Fsp3) is 0.139. The summed E-state index contributed by atoms with van der Waals surface area (Å²) in [7, 11) is -3.13. The largest absolute Gasteiger partial charge is 0.583 e. The highest BCUT2D eigenvalue weighted by atomic mass is 35.5. The molecule has 1 amide bonds. The molecule has 10 heteroatoms. The third kappa shape index (κ3) is 5.83. The molecule has 0 spiro atoms. The predicted molar refractivity (Wildman–Crippen MR) is 182 cm³/mol. The number of phosphoric ester groups is 1. The van der Waals surface area contributed by atoms with Crippen molar-refractivity contribution in [3.63, 3.8) is 0 Å². The fourth-order valence-electron chi connectivity index (χ4n) is 5.36. The maximum atomic E-state index is 14.7. The van der Waals surface area contributed by atoms with E-state index in [0.717, 1.165) is 26.4 Å². The van der Waals surface area contributed by atoms with E-state index in [4.69, 9.17) is 34.6 Å². The Labute approximate surface area is 272 Å². The number of carbonyl (C=O) groups is 1. The average molecular weight is 656 g/mol. The number of anilines is 1. The number of hydrogen-bond donors (Lipinski definition) is 0. The van der Waals surface area contributed by atoms with Gasteiger partial charge in [-0.25, -0.2) is 9.69 Å². The fourth-order valence-corrected chi connectivity index (χ4v) is 6.88. The summed E-state index contributed by atoms with van der Waals surface area (Å²) < 4.78 is 29.4. The zero-order valence-corrected chi connectivity index (χ0v) is 27.4. The lowest BCUT2D eigenvalue weighted by atomic mass is 9.92. The second kappa shape index (κ2) is 11.9. The minimum Gasteiger partial charge on any atom is -0.583 e. The van der Waals surface area contributed by atoms with Crippen LogP contribution in [0.3, 0.4) is 0 Å². The first-order valence-electron chi connectivity index (χ1n) is 14.4. The van der Waals surface area contributed by atoms with Crippen molar-refractivity contribution in [3.05, 3.63) is 115 Å². The van der Waals surface area contributed by atoms with Crippen LogP contribution in [-0.4, -0.2) is 18.8 Å². The van der Waals surface area contributed by atoms with E-state index in [0.29, 0.717) is 22.4 Å². The number of halogens is 1. The molecule has 234 valence electrons. The maximum absolute atomic E-state index is 14.7. The molecule has 1 heterocycles. The molecule has 0 saturated carbocycles. The van der Waals surface area contributed by atoms with Crippen LogP contribution < -0.4 is 23.6 Å². The Morgan fingerprint density at radius 2 is 1.46 bits per heavy atom. The summed E-state index contributed by atoms with van der Waals surface area (Å²) in [6.45, 7) is 13.0. The van der Waals surface area contributed by atoms with Crippen LogP contribution >= 0.6 is 19.8 Å². The molecule has 0 aliphatic carbocycles. The van der Waals surface area contributed by atoms with Crippen molar-refractivity contribution in [2.75, 3.05) is 12.0 Å². The normalized spacial score (nSPS) is 13.3. The number of rotatable bonds is 6. The lowest BCUT2D eigenvalue weighted by molar-refractivity contribution is -0.226. The summed E-state index contributed by atoms with van der Waals surface area (Å²) in [5.74, 6) is 0.466. The Balaban J connectivity index is 1.50. The highest BCUT2D eigenvalue weighted by Gasteiger charge is 2.46. The lowest BCUT2D eigenvalue weighted by Gasteiger charge is -2.31. The number of methoxy groups -OCH3 is 1. The van der Waals surface area contributed by atoms with Crippen molar-refractivity contribution < 1.29 is 32.7 Å². The van der Waals surface area contributed by atoms with Gasteiger partial charge in [0, 0.05) is 22.8 Å². The summed E-state index contributed by atoms with van der Waals surface area (Å²) in [5, 5.41) is 3.87. The molecule has 0 radical (unpaired) electrons. The Bertz CT molecular complexity index is 1950. The molecule has 5 aromatic rings. The van der Waals surface area contributed by atoms with Crippen molar-refractivity contribution in [2.45, 2.75) is 26.4 Å². The summed E-state index contributed by atoms with van der Waals surface area (Å²) in [6, 6.07) is 25.9. The van der Waals surface area contributed by atoms with E-state index in [2.05, 4.69) is 13.2 Å². The van der Waals surface area contributed by atoms with Crippen LogP contribution in [0.1, 0.15) is 26.3 Å². The van der Waals surface area contributed by atoms with Crippen LogP contribution in [0.5, 0.6) is 17.2 Å². The first-order chi connectivity index (χ1) is 21.9. The molecule has 6 rings (SSSR count). The second-order valence-electron chi connectivity index (χ2n) is 11.5. The van der Waals surface area contributed by atoms with E-state index in [-0.39, 0.29) is 22.2 Å². The summed E-state index contributed by atoms with van der Waals surface area (Å²) in [5.41, 5.74) is 0.987. The number of nitrogens with zero attached hydrogens (tertiary/aromatic N) is 1. The van der Waals surface area contributed by atoms with Gasteiger partial charge in [0.2, 0.25) is 0 Å². The summed E-state index contributed by atoms with van der Waals surface area (Å²) >= 11 is 6.54. The van der Waals surface area contributed by atoms with Crippen molar-refractivity contribution >= 4 is 59.2 Å². The van der Waals surface area contributed by atoms with Gasteiger partial charge in [0.15, 0.2) is 11.5 Å². The number of phosphoric acid groups is 1. The van der Waals surface area contributed by atoms with E-state index in [9.17, 15) is 9.69 Å². The second-order valence-corrected chi connectivity index (χ2v) is 13.3. The highest BCUT2D eigenvalue weighted by molar-refractivity contribution is 7.55. The van der Waals surface area contributed by atoms with Gasteiger partial charge in [0.05, 0.1) is 17.8 Å². The molecule has 0 saturated heterocycles. The molecule has 5 aromatic carbocycles. The maximum Gasteiger partial charge on any atom is 0.519 e. The minimum absolute atomic E-state index is 0.165. The van der Waals surface area contributed by atoms with Gasteiger partial charge in [-0.1, -0.05) is 84.9 Å². The Hall–Kier alpha value is -4.75. The number of ether oxygens (including phenoxy) is 2. The third-order valence-electron chi connectivity index (χ3n) is 7.26. The molecule has 0 fully saturated rings. The van der Waals surface area contributed by atoms with Gasteiger partial charge in [-0.2, -0.15) is 0 Å². The van der Waals surface area contributed by atoms with Crippen molar-refractivity contribution in [1.29, 1.82) is 0 Å². The molecule has 1 aliphatic rings. The first-order valence-corrected chi connectivity index (χ1v) is 16.2. The molecular formula is C36H31ClNO7P. The average Bonchev–Trinajstić information content (AvgIpc) is 3.13. The lowest BCUT2D eigenvalue weighted by Crippen LogP contribution is -2.38. The quantitative estimate of drug-likeness (QED) is 0.133. The molecule has 0 unspecified atom stereocenters. The van der Waals surface area contributed by atoms with Crippen molar-refractivity contribution in [3.8, 4) is 28.4 Å². The minimum atomic E-state index is -4.59. The topological polar surface area (TPSA) is 89.5 Å². The van der Waals surface area contributed by atoms with Crippen LogP contribution in [0.15, 0.2) is 104 Å². The molecule has 46 heavy (non-hydrogen) atoms. The van der Waals surface area contributed by atoms with Crippen LogP contribution in [0.2, 0.25) is 5.02 Å². The highest BCUT2D eigenvalue weighted by Crippen LogP contribution is 2.62. The van der Waals surface area contributed by atoms with Crippen LogP contribution in [0.4, 0.5) is 10.5 Å². The van der Waals surface area contributed by atoms with Crippen molar-refractivity contribution in [1.82, 2.24) is 0 Å². The van der Waals surface area contributed by atoms with Crippen molar-refractivity contribution in [2.24, 2.45) is 0 Å². The number of hydrogen-bond acceptors (Lipinski definition) is 7. The molecule has 0 aromatic heterocycles. The SMILES string of the molecule is C=Cc1c(Cl)cc(OC)cc1N(C(=C)O[P+]1([O-])Oc2ccc3ccccc3c2-c2c(ccc3ccccc23)O1)C(=O)OC(C)(C)C. The molecule has 0 atom stereocenters. The molecule has 0 N–H and O–H groups in total. The molecular weight excluding hydrogens is 625 g/mol. The van der Waals surface area contributed by atoms with E-state index in [1.807, 2.05) is 60.7 Å². The Morgan fingerprint density at radius 3 is 1.96 bits per heavy atom.